The summed E-state index contributed by atoms with van der Waals surface area (Å²) < 4.78 is 23.8. The van der Waals surface area contributed by atoms with Gasteiger partial charge in [-0.2, -0.15) is 0 Å². The first-order valence-electron chi connectivity index (χ1n) is 36.1. The number of rotatable bonds is 66. The second-order valence-corrected chi connectivity index (χ2v) is 27.0. The van der Waals surface area contributed by atoms with Crippen molar-refractivity contribution in [3.8, 4) is 0 Å². The average molecular weight is 1210 g/mol. The van der Waals surface area contributed by atoms with Gasteiger partial charge in [-0.3, -0.25) is 13.8 Å². The first-order valence-corrected chi connectivity index (χ1v) is 37.6. The van der Waals surface area contributed by atoms with Crippen LogP contribution in [0.3, 0.4) is 0 Å². The van der Waals surface area contributed by atoms with Gasteiger partial charge in [0.15, 0.2) is 0 Å². The van der Waals surface area contributed by atoms with Crippen molar-refractivity contribution < 1.29 is 32.9 Å². The van der Waals surface area contributed by atoms with Crippen molar-refractivity contribution in [2.75, 3.05) is 40.9 Å². The van der Waals surface area contributed by atoms with Crippen molar-refractivity contribution in [1.29, 1.82) is 0 Å². The number of phosphoric acid groups is 1. The van der Waals surface area contributed by atoms with Gasteiger partial charge in [0.05, 0.1) is 39.9 Å². The third kappa shape index (κ3) is 68.8. The van der Waals surface area contributed by atoms with E-state index >= 15 is 0 Å². The summed E-state index contributed by atoms with van der Waals surface area (Å²) in [7, 11) is 1.57. The lowest BCUT2D eigenvalue weighted by Crippen LogP contribution is -2.45. The molecule has 0 aromatic heterocycles. The Balaban J connectivity index is 4.09. The highest BCUT2D eigenvalue weighted by atomic mass is 31.2. The van der Waals surface area contributed by atoms with Gasteiger partial charge in [-0.05, 0) is 77.0 Å². The number of carbonyl (C=O) groups is 1. The molecule has 0 saturated heterocycles. The number of hydrogen-bond donors (Lipinski definition) is 3. The van der Waals surface area contributed by atoms with Crippen LogP contribution in [0.5, 0.6) is 0 Å². The Hall–Kier alpha value is -2.58. The highest BCUT2D eigenvalue weighted by molar-refractivity contribution is 7.47. The molecule has 9 heteroatoms. The van der Waals surface area contributed by atoms with Gasteiger partial charge in [0.25, 0.3) is 0 Å². The second-order valence-electron chi connectivity index (χ2n) is 25.6. The SMILES string of the molecule is CC/C=C\C/C=C\C/C=C\C/C=C\C/C=C\C/C=C\C/C=C\CCCCCCCCCCCCCC(=O)NC(COP(=O)(O)OCC[N+](C)(C)C)C(O)/C=C/CCCCCCCCCCCCCCCCCCCCCCCCCCCCCC. The van der Waals surface area contributed by atoms with Gasteiger partial charge in [0.2, 0.25) is 5.91 Å². The van der Waals surface area contributed by atoms with Crippen molar-refractivity contribution in [1.82, 2.24) is 5.32 Å². The lowest BCUT2D eigenvalue weighted by molar-refractivity contribution is -0.870. The number of allylic oxidation sites excluding steroid dienone is 15. The fourth-order valence-electron chi connectivity index (χ4n) is 10.5. The molecule has 0 fully saturated rings. The van der Waals surface area contributed by atoms with Gasteiger partial charge in [-0.25, -0.2) is 4.57 Å². The maximum absolute atomic E-state index is 13.1. The van der Waals surface area contributed by atoms with E-state index in [0.29, 0.717) is 17.4 Å². The highest BCUT2D eigenvalue weighted by Gasteiger charge is 2.28. The van der Waals surface area contributed by atoms with E-state index in [1.54, 1.807) is 6.08 Å². The molecule has 0 aromatic carbocycles. The number of quaternary nitrogens is 1. The van der Waals surface area contributed by atoms with Crippen LogP contribution in [0.25, 0.3) is 0 Å². The number of nitrogens with zero attached hydrogens (tertiary/aromatic N) is 1. The zero-order valence-electron chi connectivity index (χ0n) is 56.6. The van der Waals surface area contributed by atoms with Gasteiger partial charge in [0.1, 0.15) is 13.2 Å². The Morgan fingerprint density at radius 3 is 1.04 bits per heavy atom. The lowest BCUT2D eigenvalue weighted by Gasteiger charge is -2.25. The van der Waals surface area contributed by atoms with Crippen molar-refractivity contribution in [2.45, 2.75) is 341 Å². The monoisotopic (exact) mass is 1210 g/mol. The Morgan fingerprint density at radius 1 is 0.412 bits per heavy atom. The first-order chi connectivity index (χ1) is 41.5. The molecule has 0 spiro atoms. The van der Waals surface area contributed by atoms with Crippen LogP contribution in [-0.4, -0.2) is 73.4 Å². The topological polar surface area (TPSA) is 105 Å². The van der Waals surface area contributed by atoms with Gasteiger partial charge >= 0.3 is 7.82 Å². The summed E-state index contributed by atoms with van der Waals surface area (Å²) >= 11 is 0. The molecule has 0 heterocycles. The molecule has 85 heavy (non-hydrogen) atoms. The molecular formula is C76H140N2O6P+. The van der Waals surface area contributed by atoms with E-state index < -0.39 is 20.0 Å². The Kier molecular flexibility index (Phi) is 63.9. The van der Waals surface area contributed by atoms with Crippen LogP contribution in [0.4, 0.5) is 0 Å². The molecule has 3 N–H and O–H groups in total. The zero-order valence-corrected chi connectivity index (χ0v) is 57.5. The van der Waals surface area contributed by atoms with Crippen LogP contribution < -0.4 is 5.32 Å². The number of carbonyl (C=O) groups excluding carboxylic acids is 1. The van der Waals surface area contributed by atoms with Crippen LogP contribution in [-0.2, 0) is 18.4 Å². The minimum absolute atomic E-state index is 0.0577. The summed E-state index contributed by atoms with van der Waals surface area (Å²) in [5.74, 6) is -0.180. The van der Waals surface area contributed by atoms with E-state index in [1.165, 1.54) is 225 Å². The zero-order chi connectivity index (χ0) is 61.9. The summed E-state index contributed by atoms with van der Waals surface area (Å²) in [5, 5.41) is 14.0. The second kappa shape index (κ2) is 65.9. The molecule has 0 radical (unpaired) electrons. The molecule has 8 nitrogen and oxygen atoms in total. The van der Waals surface area contributed by atoms with E-state index in [4.69, 9.17) is 9.05 Å². The summed E-state index contributed by atoms with van der Waals surface area (Å²) in [5.41, 5.74) is 0. The Labute approximate surface area is 528 Å². The van der Waals surface area contributed by atoms with E-state index in [9.17, 15) is 19.4 Å². The molecule has 0 rings (SSSR count). The molecule has 0 aromatic rings. The van der Waals surface area contributed by atoms with Gasteiger partial charge in [0, 0.05) is 6.42 Å². The van der Waals surface area contributed by atoms with E-state index in [1.807, 2.05) is 27.2 Å². The van der Waals surface area contributed by atoms with Crippen LogP contribution in [0.15, 0.2) is 97.2 Å². The molecule has 1 amide bonds. The largest absolute Gasteiger partial charge is 0.472 e. The number of unbranched alkanes of at least 4 members (excludes halogenated alkanes) is 39. The van der Waals surface area contributed by atoms with Crippen molar-refractivity contribution >= 4 is 13.7 Å². The normalized spacial score (nSPS) is 14.2. The number of likely N-dealkylation sites (N-methyl/N-ethyl adjacent to an activating group) is 1. The summed E-state index contributed by atoms with van der Waals surface area (Å²) in [6.45, 7) is 4.73. The maximum atomic E-state index is 13.1. The maximum Gasteiger partial charge on any atom is 0.472 e. The Bertz CT molecular complexity index is 1710. The molecule has 0 aliphatic heterocycles. The van der Waals surface area contributed by atoms with Crippen LogP contribution in [0.2, 0.25) is 0 Å². The van der Waals surface area contributed by atoms with Gasteiger partial charge in [-0.15, -0.1) is 0 Å². The average Bonchev–Trinajstić information content (AvgIpc) is 3.49. The van der Waals surface area contributed by atoms with Crippen LogP contribution >= 0.6 is 7.82 Å². The minimum Gasteiger partial charge on any atom is -0.387 e. The summed E-state index contributed by atoms with van der Waals surface area (Å²) in [6, 6.07) is -0.856. The molecule has 0 saturated carbocycles. The molecular weight excluding hydrogens is 1070 g/mol. The predicted octanol–water partition coefficient (Wildman–Crippen LogP) is 23.3. The van der Waals surface area contributed by atoms with Crippen LogP contribution in [0, 0.1) is 0 Å². The fraction of sp³-hybridized carbons (Fsp3) is 0.776. The fourth-order valence-corrected chi connectivity index (χ4v) is 11.2. The first kappa shape index (κ1) is 82.4. The highest BCUT2D eigenvalue weighted by Crippen LogP contribution is 2.43. The van der Waals surface area contributed by atoms with Gasteiger partial charge < -0.3 is 19.8 Å². The molecule has 3 atom stereocenters. The Morgan fingerprint density at radius 2 is 0.706 bits per heavy atom. The predicted molar refractivity (Wildman–Crippen MR) is 373 cm³/mol. The quantitative estimate of drug-likeness (QED) is 0.0243. The molecule has 0 bridgehead atoms. The number of hydrogen-bond acceptors (Lipinski definition) is 5. The number of nitrogens with one attached hydrogen (secondary N) is 1. The number of amides is 1. The molecule has 0 aliphatic carbocycles. The van der Waals surface area contributed by atoms with Crippen molar-refractivity contribution in [2.24, 2.45) is 0 Å². The van der Waals surface area contributed by atoms with Crippen molar-refractivity contribution in [3.63, 3.8) is 0 Å². The lowest BCUT2D eigenvalue weighted by atomic mass is 10.0. The van der Waals surface area contributed by atoms with E-state index in [0.717, 1.165) is 83.5 Å². The number of phosphoric ester groups is 1. The minimum atomic E-state index is -4.36. The molecule has 3 unspecified atom stereocenters. The molecule has 494 valence electrons. The van der Waals surface area contributed by atoms with Crippen molar-refractivity contribution in [3.05, 3.63) is 97.2 Å². The van der Waals surface area contributed by atoms with Crippen LogP contribution in [0.1, 0.15) is 328 Å². The number of aliphatic hydroxyl groups excluding tert-OH is 1. The molecule has 0 aliphatic rings. The standard InChI is InChI=1S/C76H139N2O6P/c1-6-8-10-12-14-16-18-20-22-24-26-28-30-32-34-36-38-39-40-42-44-46-48-50-52-54-56-58-60-62-64-66-68-70-76(80)77-74(73-84-85(81,82)83-72-71-78(3,4)5)75(79)69-67-65-63-61-59-57-55-53-51-49-47-45-43-41-37-35-33-31-29-27-25-23-21-19-17-15-13-11-9-7-2/h8,10,14,16,20,22,26,28,32,34,38-39,42,44,67,69,74-75,79H,6-7,9,11-13,15,17-19,21,23-25,27,29-31,33,35-37,40-41,43,45-66,68,70-73H2,1-5H3,(H-,77,80,81,82)/p+1/b10-8-,16-14-,22-20-,28-26-,34-32-,39-38-,44-42-,69-67+. The van der Waals surface area contributed by atoms with Gasteiger partial charge in [-0.1, -0.05) is 342 Å². The third-order valence-corrected chi connectivity index (χ3v) is 17.0. The van der Waals surface area contributed by atoms with E-state index in [2.05, 4.69) is 104 Å². The smallest absolute Gasteiger partial charge is 0.387 e. The summed E-state index contributed by atoms with van der Waals surface area (Å²) in [4.78, 5) is 23.4. The summed E-state index contributed by atoms with van der Waals surface area (Å²) in [6.07, 6.45) is 95.6. The number of aliphatic hydroxyl groups is 1. The third-order valence-electron chi connectivity index (χ3n) is 16.1. The van der Waals surface area contributed by atoms with E-state index in [-0.39, 0.29) is 19.1 Å².